The highest BCUT2D eigenvalue weighted by molar-refractivity contribution is 6.36. The monoisotopic (exact) mass is 1670 g/mol. The Labute approximate surface area is 758 Å². The molecule has 0 aliphatic rings. The van der Waals surface area contributed by atoms with E-state index in [1.54, 1.807) is 0 Å². The molecule has 0 bridgehead atoms. The molecule has 26 aromatic rings. The van der Waals surface area contributed by atoms with Crippen molar-refractivity contribution >= 4 is 195 Å². The summed E-state index contributed by atoms with van der Waals surface area (Å²) in [5.74, 6) is 0.811. The van der Waals surface area contributed by atoms with Crippen molar-refractivity contribution in [2.24, 2.45) is 0 Å². The molecule has 8 aromatic heterocycles. The van der Waals surface area contributed by atoms with Gasteiger partial charge in [-0.2, -0.15) is 0 Å². The van der Waals surface area contributed by atoms with Crippen molar-refractivity contribution in [3.8, 4) is 44.5 Å². The van der Waals surface area contributed by atoms with Gasteiger partial charge in [-0.1, -0.05) is 162 Å². The minimum atomic E-state index is 0.153. The van der Waals surface area contributed by atoms with Gasteiger partial charge in [0.15, 0.2) is 0 Å². The van der Waals surface area contributed by atoms with Gasteiger partial charge in [0.2, 0.25) is 0 Å². The lowest BCUT2D eigenvalue weighted by Gasteiger charge is -2.28. The molecule has 8 heterocycles. The van der Waals surface area contributed by atoms with Gasteiger partial charge in [-0.25, -0.2) is 0 Å². The first kappa shape index (κ1) is 77.3. The van der Waals surface area contributed by atoms with Crippen molar-refractivity contribution in [3.05, 3.63) is 330 Å². The van der Waals surface area contributed by atoms with Crippen LogP contribution in [0.1, 0.15) is 185 Å². The number of hydrogen-bond donors (Lipinski definition) is 0. The van der Waals surface area contributed by atoms with E-state index in [0.717, 1.165) is 6.42 Å². The van der Waals surface area contributed by atoms with Crippen molar-refractivity contribution in [2.45, 2.75) is 175 Å². The summed E-state index contributed by atoms with van der Waals surface area (Å²) in [6.45, 7) is 49.6. The molecule has 0 N–H and O–H groups in total. The molecule has 0 saturated heterocycles. The Morgan fingerprint density at radius 3 is 0.654 bits per heavy atom. The third kappa shape index (κ3) is 10.3. The van der Waals surface area contributed by atoms with Crippen LogP contribution < -0.4 is 0 Å². The first-order valence-electron chi connectivity index (χ1n) is 47.6. The van der Waals surface area contributed by atoms with E-state index in [0.29, 0.717) is 0 Å². The second-order valence-electron chi connectivity index (χ2n) is 41.6. The van der Waals surface area contributed by atoms with Gasteiger partial charge in [-0.3, -0.25) is 0 Å². The lowest BCUT2D eigenvalue weighted by Crippen LogP contribution is -2.06. The lowest BCUT2D eigenvalue weighted by atomic mass is 9.76. The highest BCUT2D eigenvalue weighted by Crippen LogP contribution is 2.58. The second kappa shape index (κ2) is 26.7. The summed E-state index contributed by atoms with van der Waals surface area (Å²) in [4.78, 5) is 0. The summed E-state index contributed by atoms with van der Waals surface area (Å²) in [7, 11) is 0. The first-order valence-corrected chi connectivity index (χ1v) is 47.6. The van der Waals surface area contributed by atoms with E-state index >= 15 is 0 Å². The number of benzene rings is 18. The molecule has 0 aliphatic carbocycles. The number of rotatable bonds is 10. The number of fused-ring (bicyclic) bond motifs is 28. The molecular weight excluding hydrogens is 1570 g/mol. The minimum Gasteiger partial charge on any atom is -0.308 e. The number of nitrogens with zero attached hydrogens (tertiary/aromatic N) is 4. The summed E-state index contributed by atoms with van der Waals surface area (Å²) < 4.78 is 10.5. The number of aromatic nitrogens is 4. The Hall–Kier alpha value is -13.8. The predicted octanol–water partition coefficient (Wildman–Crippen LogP) is 35.7. The zero-order chi connectivity index (χ0) is 88.9. The molecule has 0 radical (unpaired) electrons. The standard InChI is InChI=1S/C126H106N4/c1-60(2)79-23-22-24-80(61(3)4)117(79)121-93-54-89-105-45-71(16)41-101-86-38-67(12)28-32-110(86)130(125(101)105)114(89)59-98(93)122(94-55-90-106-46-72(17)42-102-85-37-66(11)27-31-109(85)129(126(102)106)113(90)58-97(94)121)118-81(62(5)6)50-78(51-82(118)63(7)8)49-77-47-75(20)116(76(21)48-77)120-92-53-88-104-44-70(15)40-100-83-35-64(9)25-29-107(83)127(124(100)104)111(88)56-95(92)119(115-73(18)33-68(13)34-74(115)19)91-52-87-103-43-69(14)39-99-84-36-65(10)26-30-108(84)128(123(99)103)112(87)57-96(91)120/h22-48,50-63H,49H2,1-21H3. The van der Waals surface area contributed by atoms with Gasteiger partial charge in [0, 0.05) is 86.2 Å². The Morgan fingerprint density at radius 1 is 0.169 bits per heavy atom. The van der Waals surface area contributed by atoms with Crippen molar-refractivity contribution in [1.29, 1.82) is 0 Å². The van der Waals surface area contributed by atoms with Crippen molar-refractivity contribution in [3.63, 3.8) is 0 Å². The Morgan fingerprint density at radius 2 is 0.385 bits per heavy atom. The number of hydrogen-bond acceptors (Lipinski definition) is 0. The first-order chi connectivity index (χ1) is 62.6. The smallest absolute Gasteiger partial charge is 0.0620 e. The van der Waals surface area contributed by atoms with Gasteiger partial charge >= 0.3 is 0 Å². The topological polar surface area (TPSA) is 17.6 Å². The van der Waals surface area contributed by atoms with Gasteiger partial charge in [0.05, 0.1) is 66.2 Å². The highest BCUT2D eigenvalue weighted by Gasteiger charge is 2.34. The van der Waals surface area contributed by atoms with Gasteiger partial charge in [0.1, 0.15) is 0 Å². The van der Waals surface area contributed by atoms with Crippen LogP contribution in [-0.4, -0.2) is 17.6 Å². The maximum Gasteiger partial charge on any atom is 0.0620 e. The van der Waals surface area contributed by atoms with Crippen LogP contribution in [0, 0.1) is 90.0 Å². The van der Waals surface area contributed by atoms with Gasteiger partial charge in [0.25, 0.3) is 0 Å². The number of aryl methyl sites for hydroxylation is 13. The molecular formula is C126H106N4. The molecule has 0 fully saturated rings. The van der Waals surface area contributed by atoms with Crippen LogP contribution in [0.2, 0.25) is 0 Å². The van der Waals surface area contributed by atoms with Gasteiger partial charge in [-0.05, 0) is 431 Å². The van der Waals surface area contributed by atoms with Gasteiger partial charge in [-0.15, -0.1) is 0 Å². The molecule has 0 atom stereocenters. The fourth-order valence-corrected chi connectivity index (χ4v) is 26.0. The van der Waals surface area contributed by atoms with Crippen LogP contribution in [0.25, 0.3) is 240 Å². The molecule has 0 unspecified atom stereocenters. The summed E-state index contributed by atoms with van der Waals surface area (Å²) in [5, 5.41) is 31.3. The molecule has 0 aliphatic heterocycles. The van der Waals surface area contributed by atoms with E-state index in [1.807, 2.05) is 0 Å². The Kier molecular flexibility index (Phi) is 15.9. The third-order valence-corrected chi connectivity index (χ3v) is 31.0. The summed E-state index contributed by atoms with van der Waals surface area (Å²) in [6, 6.07) is 92.0. The van der Waals surface area contributed by atoms with Crippen molar-refractivity contribution in [1.82, 2.24) is 17.6 Å². The SMILES string of the molecule is Cc1cc(C)c(-c2c3cc4c5cc(C)cc6c7cc(C)ccc7n(c4cc3c(-c3c(C)cc(Cc4cc(C(C)C)c(-c7c8cc9c%10cc(C)cc%11c%12cc(C)ccc%12n(c9cc8c(-c8c(C(C)C)cccc8C(C)C)c8cc9c%12cc(C)cc%13c%14cc(C)ccc%14n(c9cc78)c%13%12)c%11%10)c(C(C)C)c4)cc3C)c3cc4c7cc(C)cc8c9cc(C)ccc9n(c4cc23)c87)c65)c(C)c1. The van der Waals surface area contributed by atoms with E-state index in [9.17, 15) is 0 Å². The van der Waals surface area contributed by atoms with Crippen LogP contribution >= 0.6 is 0 Å². The largest absolute Gasteiger partial charge is 0.308 e. The Balaban J connectivity index is 0.756. The fraction of sp³-hybridized carbons (Fsp3) is 0.206. The molecule has 4 heteroatoms. The molecule has 630 valence electrons. The van der Waals surface area contributed by atoms with Crippen LogP contribution in [0.5, 0.6) is 0 Å². The average molecular weight is 1680 g/mol. The van der Waals surface area contributed by atoms with Crippen molar-refractivity contribution < 1.29 is 0 Å². The third-order valence-electron chi connectivity index (χ3n) is 31.0. The predicted molar refractivity (Wildman–Crippen MR) is 564 cm³/mol. The molecule has 4 nitrogen and oxygen atoms in total. The molecule has 0 amide bonds. The normalized spacial score (nSPS) is 13.0. The van der Waals surface area contributed by atoms with Gasteiger partial charge < -0.3 is 17.6 Å². The van der Waals surface area contributed by atoms with E-state index in [-0.39, 0.29) is 23.7 Å². The van der Waals surface area contributed by atoms with Crippen LogP contribution in [0.15, 0.2) is 224 Å². The summed E-state index contributed by atoms with van der Waals surface area (Å²) >= 11 is 0. The zero-order valence-electron chi connectivity index (χ0n) is 78.7. The molecule has 18 aromatic carbocycles. The minimum absolute atomic E-state index is 0.153. The summed E-state index contributed by atoms with van der Waals surface area (Å²) in [5.41, 5.74) is 50.8. The zero-order valence-corrected chi connectivity index (χ0v) is 78.7. The lowest BCUT2D eigenvalue weighted by molar-refractivity contribution is 0.833. The van der Waals surface area contributed by atoms with E-state index in [4.69, 9.17) is 0 Å². The van der Waals surface area contributed by atoms with Crippen LogP contribution in [-0.2, 0) is 6.42 Å². The summed E-state index contributed by atoms with van der Waals surface area (Å²) in [6.07, 6.45) is 0.771. The van der Waals surface area contributed by atoms with Crippen LogP contribution in [0.3, 0.4) is 0 Å². The molecule has 0 spiro atoms. The second-order valence-corrected chi connectivity index (χ2v) is 41.6. The molecule has 0 saturated carbocycles. The van der Waals surface area contributed by atoms with E-state index in [2.05, 4.69) is 387 Å². The van der Waals surface area contributed by atoms with Crippen molar-refractivity contribution in [2.75, 3.05) is 0 Å². The molecule has 130 heavy (non-hydrogen) atoms. The van der Waals surface area contributed by atoms with Crippen LogP contribution in [0.4, 0.5) is 0 Å². The van der Waals surface area contributed by atoms with E-state index < -0.39 is 0 Å². The van der Waals surface area contributed by atoms with E-state index in [1.165, 1.54) is 346 Å². The Bertz CT molecular complexity index is 9550. The quantitative estimate of drug-likeness (QED) is 0.121. The highest BCUT2D eigenvalue weighted by atomic mass is 14.9. The maximum absolute atomic E-state index is 2.69. The molecule has 26 rings (SSSR count). The maximum atomic E-state index is 2.69. The average Bonchev–Trinajstić information content (AvgIpc) is 1.51. The fourth-order valence-electron chi connectivity index (χ4n) is 26.0.